The van der Waals surface area contributed by atoms with Crippen molar-refractivity contribution in [3.63, 3.8) is 0 Å². The summed E-state index contributed by atoms with van der Waals surface area (Å²) in [5.41, 5.74) is 2.26. The minimum atomic E-state index is -0.703. The summed E-state index contributed by atoms with van der Waals surface area (Å²) in [6.07, 6.45) is 3.47. The van der Waals surface area contributed by atoms with Gasteiger partial charge in [0.05, 0.1) is 10.5 Å². The van der Waals surface area contributed by atoms with Crippen LogP contribution in [0.1, 0.15) is 52.6 Å². The molecule has 1 aliphatic rings. The zero-order chi connectivity index (χ0) is 19.7. The fourth-order valence-corrected chi connectivity index (χ4v) is 4.30. The molecule has 0 saturated heterocycles. The average Bonchev–Trinajstić information content (AvgIpc) is 3.35. The Balaban J connectivity index is 1.47. The highest BCUT2D eigenvalue weighted by Gasteiger charge is 2.25. The van der Waals surface area contributed by atoms with Crippen LogP contribution in [0, 0.1) is 10.1 Å². The molecular formula is C19H17N3O5S. The summed E-state index contributed by atoms with van der Waals surface area (Å²) in [5.74, 6) is -0.00602. The van der Waals surface area contributed by atoms with Crippen LogP contribution < -0.4 is 0 Å². The maximum atomic E-state index is 12.6. The monoisotopic (exact) mass is 399 g/mol. The summed E-state index contributed by atoms with van der Waals surface area (Å²) in [5, 5.41) is 20.5. The van der Waals surface area contributed by atoms with E-state index in [1.54, 1.807) is 18.3 Å². The van der Waals surface area contributed by atoms with Gasteiger partial charge >= 0.3 is 5.97 Å². The van der Waals surface area contributed by atoms with Gasteiger partial charge in [0.15, 0.2) is 6.10 Å². The third-order valence-electron chi connectivity index (χ3n) is 4.68. The van der Waals surface area contributed by atoms with Crippen molar-refractivity contribution < 1.29 is 18.9 Å². The maximum absolute atomic E-state index is 12.6. The Morgan fingerprint density at radius 3 is 2.75 bits per heavy atom. The summed E-state index contributed by atoms with van der Waals surface area (Å²) in [4.78, 5) is 24.1. The summed E-state index contributed by atoms with van der Waals surface area (Å²) >= 11 is 1.61. The molecule has 0 N–H and O–H groups in total. The summed E-state index contributed by atoms with van der Waals surface area (Å²) in [7, 11) is 0. The number of aryl methyl sites for hydroxylation is 1. The van der Waals surface area contributed by atoms with Gasteiger partial charge in [-0.3, -0.25) is 10.1 Å². The summed E-state index contributed by atoms with van der Waals surface area (Å²) in [6.45, 7) is 1.67. The molecule has 1 aromatic carbocycles. The second kappa shape index (κ2) is 7.51. The van der Waals surface area contributed by atoms with Gasteiger partial charge in [0.2, 0.25) is 5.89 Å². The van der Waals surface area contributed by atoms with Crippen molar-refractivity contribution in [3.05, 3.63) is 61.7 Å². The third-order valence-corrected chi connectivity index (χ3v) is 5.77. The third kappa shape index (κ3) is 3.53. The number of rotatable bonds is 5. The number of ether oxygens (including phenoxy) is 1. The molecule has 2 aromatic heterocycles. The SMILES string of the molecule is C[C@H](OC(=O)c1csc2c1CCCC2)c1nnc(-c2ccc([N+](=O)[O-])cc2)o1. The van der Waals surface area contributed by atoms with Crippen molar-refractivity contribution in [1.82, 2.24) is 10.2 Å². The van der Waals surface area contributed by atoms with Crippen molar-refractivity contribution in [1.29, 1.82) is 0 Å². The van der Waals surface area contributed by atoms with Gasteiger partial charge < -0.3 is 9.15 Å². The van der Waals surface area contributed by atoms with Crippen LogP contribution in [0.4, 0.5) is 5.69 Å². The number of nitro benzene ring substituents is 1. The molecule has 0 unspecified atom stereocenters. The van der Waals surface area contributed by atoms with E-state index in [0.29, 0.717) is 11.1 Å². The number of non-ortho nitro benzene ring substituents is 1. The number of hydrogen-bond donors (Lipinski definition) is 0. The molecule has 144 valence electrons. The Hall–Kier alpha value is -3.07. The maximum Gasteiger partial charge on any atom is 0.340 e. The standard InChI is InChI=1S/C19H17N3O5S/c1-11(26-19(23)15-10-28-16-5-3-2-4-14(15)16)17-20-21-18(27-17)12-6-8-13(9-7-12)22(24)25/h6-11H,2-5H2,1H3/t11-/m0/s1. The lowest BCUT2D eigenvalue weighted by Crippen LogP contribution is -2.12. The first-order chi connectivity index (χ1) is 13.5. The molecular weight excluding hydrogens is 382 g/mol. The molecule has 1 aliphatic carbocycles. The Bertz CT molecular complexity index is 1020. The minimum Gasteiger partial charge on any atom is -0.449 e. The largest absolute Gasteiger partial charge is 0.449 e. The van der Waals surface area contributed by atoms with E-state index in [9.17, 15) is 14.9 Å². The summed E-state index contributed by atoms with van der Waals surface area (Å²) in [6, 6.07) is 5.79. The number of carbonyl (C=O) groups is 1. The van der Waals surface area contributed by atoms with Gasteiger partial charge in [-0.15, -0.1) is 21.5 Å². The van der Waals surface area contributed by atoms with Crippen molar-refractivity contribution in [2.75, 3.05) is 0 Å². The van der Waals surface area contributed by atoms with E-state index in [-0.39, 0.29) is 23.4 Å². The first-order valence-electron chi connectivity index (χ1n) is 8.91. The molecule has 0 spiro atoms. The van der Waals surface area contributed by atoms with Gasteiger partial charge in [0, 0.05) is 28.0 Å². The lowest BCUT2D eigenvalue weighted by atomic mass is 9.96. The lowest BCUT2D eigenvalue weighted by molar-refractivity contribution is -0.384. The summed E-state index contributed by atoms with van der Waals surface area (Å²) < 4.78 is 11.1. The predicted molar refractivity (Wildman–Crippen MR) is 101 cm³/mol. The second-order valence-corrected chi connectivity index (χ2v) is 7.52. The Morgan fingerprint density at radius 2 is 2.00 bits per heavy atom. The number of nitrogens with zero attached hydrogens (tertiary/aromatic N) is 3. The molecule has 9 heteroatoms. The van der Waals surface area contributed by atoms with E-state index in [2.05, 4.69) is 10.2 Å². The van der Waals surface area contributed by atoms with Crippen LogP contribution in [0.2, 0.25) is 0 Å². The number of benzene rings is 1. The molecule has 0 saturated carbocycles. The van der Waals surface area contributed by atoms with Gasteiger partial charge in [0.1, 0.15) is 0 Å². The highest BCUT2D eigenvalue weighted by atomic mass is 32.1. The molecule has 0 amide bonds. The van der Waals surface area contributed by atoms with Gasteiger partial charge in [-0.05, 0) is 50.3 Å². The van der Waals surface area contributed by atoms with E-state index in [4.69, 9.17) is 9.15 Å². The topological polar surface area (TPSA) is 108 Å². The van der Waals surface area contributed by atoms with Crippen molar-refractivity contribution in [2.45, 2.75) is 38.7 Å². The van der Waals surface area contributed by atoms with Gasteiger partial charge in [-0.1, -0.05) is 0 Å². The second-order valence-electron chi connectivity index (χ2n) is 6.56. The van der Waals surface area contributed by atoms with Gasteiger partial charge in [-0.2, -0.15) is 0 Å². The van der Waals surface area contributed by atoms with E-state index >= 15 is 0 Å². The van der Waals surface area contributed by atoms with E-state index in [0.717, 1.165) is 31.2 Å². The Kier molecular flexibility index (Phi) is 4.91. The smallest absolute Gasteiger partial charge is 0.340 e. The van der Waals surface area contributed by atoms with Crippen LogP contribution in [0.3, 0.4) is 0 Å². The highest BCUT2D eigenvalue weighted by Crippen LogP contribution is 2.32. The number of aromatic nitrogens is 2. The number of esters is 1. The average molecular weight is 399 g/mol. The first kappa shape index (κ1) is 18.3. The molecule has 4 rings (SSSR count). The fourth-order valence-electron chi connectivity index (χ4n) is 3.18. The first-order valence-corrected chi connectivity index (χ1v) is 9.79. The van der Waals surface area contributed by atoms with E-state index < -0.39 is 11.0 Å². The number of hydrogen-bond acceptors (Lipinski definition) is 8. The lowest BCUT2D eigenvalue weighted by Gasteiger charge is -2.13. The predicted octanol–water partition coefficient (Wildman–Crippen LogP) is 4.50. The number of carbonyl (C=O) groups excluding carboxylic acids is 1. The quantitative estimate of drug-likeness (QED) is 0.353. The van der Waals surface area contributed by atoms with E-state index in [1.165, 1.54) is 29.1 Å². The van der Waals surface area contributed by atoms with Crippen LogP contribution in [0.5, 0.6) is 0 Å². The minimum absolute atomic E-state index is 0.0233. The van der Waals surface area contributed by atoms with Crippen LogP contribution >= 0.6 is 11.3 Å². The Labute approximate surface area is 164 Å². The molecule has 8 nitrogen and oxygen atoms in total. The molecule has 1 atom stereocenters. The van der Waals surface area contributed by atoms with Crippen LogP contribution in [0.25, 0.3) is 11.5 Å². The molecule has 3 aromatic rings. The zero-order valence-corrected chi connectivity index (χ0v) is 15.9. The number of fused-ring (bicyclic) bond motifs is 1. The normalized spacial score (nSPS) is 14.3. The zero-order valence-electron chi connectivity index (χ0n) is 15.1. The van der Waals surface area contributed by atoms with Gasteiger partial charge in [-0.25, -0.2) is 4.79 Å². The van der Waals surface area contributed by atoms with Crippen molar-refractivity contribution >= 4 is 23.0 Å². The Morgan fingerprint density at radius 1 is 1.25 bits per heavy atom. The fraction of sp³-hybridized carbons (Fsp3) is 0.316. The molecule has 0 aliphatic heterocycles. The molecule has 28 heavy (non-hydrogen) atoms. The highest BCUT2D eigenvalue weighted by molar-refractivity contribution is 7.10. The van der Waals surface area contributed by atoms with Crippen molar-refractivity contribution in [2.24, 2.45) is 0 Å². The molecule has 0 radical (unpaired) electrons. The van der Waals surface area contributed by atoms with Crippen LogP contribution in [-0.4, -0.2) is 21.1 Å². The number of nitro groups is 1. The van der Waals surface area contributed by atoms with Crippen LogP contribution in [-0.2, 0) is 17.6 Å². The molecule has 0 bridgehead atoms. The van der Waals surface area contributed by atoms with Crippen LogP contribution in [0.15, 0.2) is 34.1 Å². The molecule has 2 heterocycles. The van der Waals surface area contributed by atoms with Crippen molar-refractivity contribution in [3.8, 4) is 11.5 Å². The van der Waals surface area contributed by atoms with Gasteiger partial charge in [0.25, 0.3) is 11.6 Å². The molecule has 0 fully saturated rings. The van der Waals surface area contributed by atoms with E-state index in [1.807, 2.05) is 5.38 Å². The number of thiophene rings is 1.